The van der Waals surface area contributed by atoms with Crippen molar-refractivity contribution in [2.24, 2.45) is 0 Å². The molecule has 7 nitrogen and oxygen atoms in total. The predicted molar refractivity (Wildman–Crippen MR) is 91.8 cm³/mol. The van der Waals surface area contributed by atoms with Gasteiger partial charge in [0.1, 0.15) is 12.1 Å². The summed E-state index contributed by atoms with van der Waals surface area (Å²) in [4.78, 5) is 23.5. The molecule has 0 saturated heterocycles. The minimum Gasteiger partial charge on any atom is -0.481 e. The quantitative estimate of drug-likeness (QED) is 0.717. The number of fused-ring (bicyclic) bond motifs is 1. The molecule has 2 aromatic carbocycles. The molecule has 1 aromatic heterocycles. The third kappa shape index (κ3) is 4.00. The average Bonchev–Trinajstić information content (AvgIpc) is 2.98. The molecular weight excluding hydrogens is 320 g/mol. The summed E-state index contributed by atoms with van der Waals surface area (Å²) in [6.07, 6.45) is -0.188. The van der Waals surface area contributed by atoms with Crippen molar-refractivity contribution in [1.82, 2.24) is 20.3 Å². The van der Waals surface area contributed by atoms with Gasteiger partial charge in [-0.1, -0.05) is 47.2 Å². The Morgan fingerprint density at radius 2 is 1.88 bits per heavy atom. The second kappa shape index (κ2) is 7.12. The Kier molecular flexibility index (Phi) is 4.74. The van der Waals surface area contributed by atoms with Crippen LogP contribution in [0.5, 0.6) is 0 Å². The fraction of sp³-hybridized carbons (Fsp3) is 0.222. The zero-order valence-corrected chi connectivity index (χ0v) is 13.7. The number of nitrogens with one attached hydrogen (secondary N) is 1. The molecule has 0 fully saturated rings. The normalized spacial score (nSPS) is 12.0. The molecule has 0 bridgehead atoms. The maximum atomic E-state index is 12.4. The van der Waals surface area contributed by atoms with E-state index in [9.17, 15) is 9.59 Å². The van der Waals surface area contributed by atoms with E-state index in [4.69, 9.17) is 5.11 Å². The molecule has 25 heavy (non-hydrogen) atoms. The molecule has 1 atom stereocenters. The van der Waals surface area contributed by atoms with Crippen LogP contribution in [0.4, 0.5) is 0 Å². The molecule has 0 aliphatic heterocycles. The molecule has 0 saturated carbocycles. The van der Waals surface area contributed by atoms with Gasteiger partial charge in [-0.25, -0.2) is 4.68 Å². The number of amides is 1. The number of para-hydroxylation sites is 1. The van der Waals surface area contributed by atoms with Crippen LogP contribution >= 0.6 is 0 Å². The van der Waals surface area contributed by atoms with Crippen molar-refractivity contribution in [2.75, 3.05) is 0 Å². The van der Waals surface area contributed by atoms with Gasteiger partial charge in [-0.05, 0) is 24.6 Å². The largest absolute Gasteiger partial charge is 0.481 e. The van der Waals surface area contributed by atoms with E-state index in [1.165, 1.54) is 4.68 Å². The first-order chi connectivity index (χ1) is 12.0. The molecule has 0 aliphatic carbocycles. The molecule has 0 unspecified atom stereocenters. The fourth-order valence-corrected chi connectivity index (χ4v) is 2.64. The van der Waals surface area contributed by atoms with Gasteiger partial charge in [0.05, 0.1) is 18.0 Å². The summed E-state index contributed by atoms with van der Waals surface area (Å²) in [5, 5.41) is 19.9. The zero-order chi connectivity index (χ0) is 17.8. The molecule has 1 heterocycles. The standard InChI is InChI=1S/C18H18N4O3/c1-12-6-8-13(9-7-12)15(10-18(24)25)19-17(23)11-22-16-5-3-2-4-14(16)20-21-22/h2-9,15H,10-11H2,1H3,(H,19,23)(H,24,25)/t15-/m1/s1. The van der Waals surface area contributed by atoms with Crippen LogP contribution in [0.15, 0.2) is 48.5 Å². The molecule has 0 aliphatic rings. The smallest absolute Gasteiger partial charge is 0.305 e. The Labute approximate surface area is 144 Å². The van der Waals surface area contributed by atoms with E-state index in [1.807, 2.05) is 55.5 Å². The molecule has 128 valence electrons. The number of rotatable bonds is 6. The number of carbonyl (C=O) groups excluding carboxylic acids is 1. The van der Waals surface area contributed by atoms with Gasteiger partial charge in [-0.15, -0.1) is 5.10 Å². The Hall–Kier alpha value is -3.22. The SMILES string of the molecule is Cc1ccc([C@@H](CC(=O)O)NC(=O)Cn2nnc3ccccc32)cc1. The highest BCUT2D eigenvalue weighted by Gasteiger charge is 2.19. The summed E-state index contributed by atoms with van der Waals surface area (Å²) in [6, 6.07) is 14.2. The van der Waals surface area contributed by atoms with E-state index in [2.05, 4.69) is 15.6 Å². The molecule has 0 radical (unpaired) electrons. The highest BCUT2D eigenvalue weighted by molar-refractivity contribution is 5.80. The Bertz CT molecular complexity index is 902. The van der Waals surface area contributed by atoms with Gasteiger partial charge in [-0.3, -0.25) is 9.59 Å². The molecule has 2 N–H and O–H groups in total. The van der Waals surface area contributed by atoms with Crippen molar-refractivity contribution in [3.05, 3.63) is 59.7 Å². The summed E-state index contributed by atoms with van der Waals surface area (Å²) in [7, 11) is 0. The fourth-order valence-electron chi connectivity index (χ4n) is 2.64. The number of hydrogen-bond donors (Lipinski definition) is 2. The molecular formula is C18H18N4O3. The van der Waals surface area contributed by atoms with Crippen molar-refractivity contribution in [3.8, 4) is 0 Å². The van der Waals surface area contributed by atoms with Crippen molar-refractivity contribution < 1.29 is 14.7 Å². The first-order valence-electron chi connectivity index (χ1n) is 7.89. The maximum Gasteiger partial charge on any atom is 0.305 e. The summed E-state index contributed by atoms with van der Waals surface area (Å²) >= 11 is 0. The van der Waals surface area contributed by atoms with Gasteiger partial charge < -0.3 is 10.4 Å². The van der Waals surface area contributed by atoms with Gasteiger partial charge in [0.2, 0.25) is 5.91 Å². The third-order valence-corrected chi connectivity index (χ3v) is 3.91. The van der Waals surface area contributed by atoms with Crippen LogP contribution < -0.4 is 5.32 Å². The first kappa shape index (κ1) is 16.6. The number of nitrogens with zero attached hydrogens (tertiary/aromatic N) is 3. The Morgan fingerprint density at radius 3 is 2.60 bits per heavy atom. The van der Waals surface area contributed by atoms with Crippen molar-refractivity contribution in [2.45, 2.75) is 25.9 Å². The highest BCUT2D eigenvalue weighted by atomic mass is 16.4. The van der Waals surface area contributed by atoms with Gasteiger partial charge >= 0.3 is 5.97 Å². The number of aromatic nitrogens is 3. The molecule has 7 heteroatoms. The number of carbonyl (C=O) groups is 2. The summed E-state index contributed by atoms with van der Waals surface area (Å²) in [6.45, 7) is 1.92. The number of carboxylic acid groups (broad SMARTS) is 1. The summed E-state index contributed by atoms with van der Waals surface area (Å²) in [5.41, 5.74) is 3.28. The lowest BCUT2D eigenvalue weighted by Crippen LogP contribution is -2.33. The second-order valence-corrected chi connectivity index (χ2v) is 5.86. The number of benzene rings is 2. The van der Waals surface area contributed by atoms with Gasteiger partial charge in [0.15, 0.2) is 0 Å². The summed E-state index contributed by atoms with van der Waals surface area (Å²) < 4.78 is 1.50. The van der Waals surface area contributed by atoms with Crippen LogP contribution in [0.1, 0.15) is 23.6 Å². The van der Waals surface area contributed by atoms with Gasteiger partial charge in [0, 0.05) is 0 Å². The van der Waals surface area contributed by atoms with Crippen LogP contribution in [0, 0.1) is 6.92 Å². The first-order valence-corrected chi connectivity index (χ1v) is 7.89. The van der Waals surface area contributed by atoms with E-state index in [1.54, 1.807) is 0 Å². The monoisotopic (exact) mass is 338 g/mol. The van der Waals surface area contributed by atoms with Gasteiger partial charge in [0.25, 0.3) is 0 Å². The summed E-state index contributed by atoms with van der Waals surface area (Å²) in [5.74, 6) is -1.29. The van der Waals surface area contributed by atoms with E-state index in [-0.39, 0.29) is 18.9 Å². The minimum atomic E-state index is -0.975. The van der Waals surface area contributed by atoms with Crippen LogP contribution in [-0.4, -0.2) is 32.0 Å². The van der Waals surface area contributed by atoms with Crippen LogP contribution in [0.2, 0.25) is 0 Å². The topological polar surface area (TPSA) is 97.1 Å². The van der Waals surface area contributed by atoms with Crippen LogP contribution in [-0.2, 0) is 16.1 Å². The molecule has 3 aromatic rings. The number of carboxylic acids is 1. The Morgan fingerprint density at radius 1 is 1.16 bits per heavy atom. The minimum absolute atomic E-state index is 0.0253. The van der Waals surface area contributed by atoms with Crippen molar-refractivity contribution in [3.63, 3.8) is 0 Å². The number of hydrogen-bond acceptors (Lipinski definition) is 4. The van der Waals surface area contributed by atoms with E-state index >= 15 is 0 Å². The predicted octanol–water partition coefficient (Wildman–Crippen LogP) is 2.07. The van der Waals surface area contributed by atoms with E-state index < -0.39 is 12.0 Å². The van der Waals surface area contributed by atoms with Crippen molar-refractivity contribution in [1.29, 1.82) is 0 Å². The lowest BCUT2D eigenvalue weighted by molar-refractivity contribution is -0.137. The highest BCUT2D eigenvalue weighted by Crippen LogP contribution is 2.18. The Balaban J connectivity index is 1.75. The van der Waals surface area contributed by atoms with Crippen molar-refractivity contribution >= 4 is 22.9 Å². The molecule has 1 amide bonds. The molecule has 3 rings (SSSR count). The number of aryl methyl sites for hydroxylation is 1. The zero-order valence-electron chi connectivity index (χ0n) is 13.7. The molecule has 0 spiro atoms. The van der Waals surface area contributed by atoms with Gasteiger partial charge in [-0.2, -0.15) is 0 Å². The van der Waals surface area contributed by atoms with Crippen LogP contribution in [0.3, 0.4) is 0 Å². The van der Waals surface area contributed by atoms with Crippen LogP contribution in [0.25, 0.3) is 11.0 Å². The maximum absolute atomic E-state index is 12.4. The number of aliphatic carboxylic acids is 1. The lowest BCUT2D eigenvalue weighted by Gasteiger charge is -2.17. The lowest BCUT2D eigenvalue weighted by atomic mass is 10.0. The van der Waals surface area contributed by atoms with E-state index in [0.717, 1.165) is 16.6 Å². The second-order valence-electron chi connectivity index (χ2n) is 5.86. The third-order valence-electron chi connectivity index (χ3n) is 3.91. The van der Waals surface area contributed by atoms with E-state index in [0.29, 0.717) is 5.52 Å². The average molecular weight is 338 g/mol.